The Morgan fingerprint density at radius 1 is 0.306 bits per heavy atom. The Bertz CT molecular complexity index is 4070. The molecule has 9 aromatic rings. The second-order valence-corrected chi connectivity index (χ2v) is 10.5. The van der Waals surface area contributed by atoms with Crippen molar-refractivity contribution in [3.05, 3.63) is 200 Å². The van der Waals surface area contributed by atoms with Crippen molar-refractivity contribution in [2.45, 2.75) is 0 Å². The molecule has 0 amide bonds. The van der Waals surface area contributed by atoms with Gasteiger partial charge in [0.25, 0.3) is 0 Å². The van der Waals surface area contributed by atoms with E-state index in [0.29, 0.717) is 0 Å². The minimum atomic E-state index is -0.898. The summed E-state index contributed by atoms with van der Waals surface area (Å²) in [4.78, 5) is 1.04. The lowest BCUT2D eigenvalue weighted by atomic mass is 9.97. The second kappa shape index (κ2) is 12.3. The average Bonchev–Trinajstić information content (AvgIpc) is 3.36. The number of rotatable bonds is 6. The maximum absolute atomic E-state index is 9.52. The van der Waals surface area contributed by atoms with Crippen LogP contribution in [0.15, 0.2) is 200 Å². The Hall–Kier alpha value is -6.44. The average molecular weight is 651 g/mol. The van der Waals surface area contributed by atoms with Gasteiger partial charge in [0.05, 0.1) is 37.0 Å². The molecule has 0 aliphatic carbocycles. The zero-order chi connectivity index (χ0) is 56.1. The Morgan fingerprint density at radius 2 is 0.857 bits per heavy atom. The zero-order valence-corrected chi connectivity index (χ0v) is 24.9. The molecule has 0 unspecified atom stereocenters. The highest BCUT2D eigenvalue weighted by Gasteiger charge is 2.14. The Morgan fingerprint density at radius 3 is 1.65 bits per heavy atom. The molecule has 0 aliphatic heterocycles. The number of anilines is 3. The van der Waals surface area contributed by atoms with E-state index in [9.17, 15) is 8.22 Å². The monoisotopic (exact) mass is 650 g/mol. The van der Waals surface area contributed by atoms with Crippen LogP contribution in [0.1, 0.15) is 37.0 Å². The molecule has 1 nitrogen and oxygen atoms in total. The van der Waals surface area contributed by atoms with Crippen molar-refractivity contribution in [3.63, 3.8) is 0 Å². The molecule has 9 rings (SSSR count). The lowest BCUT2D eigenvalue weighted by Gasteiger charge is -2.26. The minimum Gasteiger partial charge on any atom is -0.311 e. The summed E-state index contributed by atoms with van der Waals surface area (Å²) in [6.45, 7) is 0. The smallest absolute Gasteiger partial charge is 0.0645 e. The van der Waals surface area contributed by atoms with Gasteiger partial charge >= 0.3 is 0 Å². The van der Waals surface area contributed by atoms with Gasteiger partial charge in [0.2, 0.25) is 0 Å². The summed E-state index contributed by atoms with van der Waals surface area (Å²) in [6.07, 6.45) is 0. The summed E-state index contributed by atoms with van der Waals surface area (Å²) in [6, 6.07) is -12.9. The molecule has 0 saturated heterocycles. The topological polar surface area (TPSA) is 3.24 Å². The first-order valence-corrected chi connectivity index (χ1v) is 14.6. The number of benzene rings is 9. The van der Waals surface area contributed by atoms with Crippen LogP contribution in [0.25, 0.3) is 65.7 Å². The molecule has 0 aromatic heterocycles. The van der Waals surface area contributed by atoms with Crippen molar-refractivity contribution in [2.75, 3.05) is 4.90 Å². The van der Waals surface area contributed by atoms with E-state index >= 15 is 0 Å². The third-order valence-corrected chi connectivity index (χ3v) is 7.59. The van der Waals surface area contributed by atoms with Gasteiger partial charge in [0.1, 0.15) is 0 Å². The predicted octanol–water partition coefficient (Wildman–Crippen LogP) is 13.6. The van der Waals surface area contributed by atoms with Gasteiger partial charge in [-0.2, -0.15) is 0 Å². The number of hydrogen-bond acceptors (Lipinski definition) is 1. The van der Waals surface area contributed by atoms with E-state index in [0.717, 1.165) is 41.3 Å². The van der Waals surface area contributed by atoms with Gasteiger partial charge in [-0.25, -0.2) is 0 Å². The van der Waals surface area contributed by atoms with E-state index in [1.54, 1.807) is 0 Å². The van der Waals surface area contributed by atoms with Crippen LogP contribution in [0.4, 0.5) is 17.1 Å². The molecule has 49 heavy (non-hydrogen) atoms. The second-order valence-electron chi connectivity index (χ2n) is 10.5. The van der Waals surface area contributed by atoms with Crippen molar-refractivity contribution < 1.29 is 37.0 Å². The molecule has 0 heterocycles. The summed E-state index contributed by atoms with van der Waals surface area (Å²) in [5.41, 5.74) is -3.84. The third-order valence-electron chi connectivity index (χ3n) is 7.59. The summed E-state index contributed by atoms with van der Waals surface area (Å²) < 4.78 is 237. The molecule has 0 bridgehead atoms. The Labute approximate surface area is 324 Å². The van der Waals surface area contributed by atoms with E-state index in [1.807, 2.05) is 0 Å². The van der Waals surface area contributed by atoms with Gasteiger partial charge in [-0.1, -0.05) is 157 Å². The van der Waals surface area contributed by atoms with Crippen molar-refractivity contribution in [2.24, 2.45) is 0 Å². The fraction of sp³-hybridized carbons (Fsp3) is 0. The third kappa shape index (κ3) is 5.42. The van der Waals surface area contributed by atoms with Crippen LogP contribution in [0, 0.1) is 0 Å². The van der Waals surface area contributed by atoms with Gasteiger partial charge in [-0.05, 0) is 108 Å². The highest BCUT2D eigenvalue weighted by atomic mass is 15.1. The first kappa shape index (κ1) is 12.2. The quantitative estimate of drug-likeness (QED) is 0.162. The molecule has 0 fully saturated rings. The number of fused-ring (bicyclic) bond motifs is 4. The number of nitrogens with zero attached hydrogens (tertiary/aromatic N) is 1. The Balaban J connectivity index is 1.34. The molecule has 230 valence electrons. The van der Waals surface area contributed by atoms with Crippen LogP contribution in [-0.4, -0.2) is 0 Å². The van der Waals surface area contributed by atoms with E-state index in [1.165, 1.54) is 0 Å². The highest BCUT2D eigenvalue weighted by Crippen LogP contribution is 2.39. The molecule has 0 atom stereocenters. The minimum absolute atomic E-state index is 0.160. The van der Waals surface area contributed by atoms with Crippen LogP contribution < -0.4 is 4.90 Å². The molecular formula is C48H33N. The van der Waals surface area contributed by atoms with Crippen LogP contribution in [0.3, 0.4) is 0 Å². The summed E-state index contributed by atoms with van der Waals surface area (Å²) in [5, 5.41) is -2.28. The van der Waals surface area contributed by atoms with Gasteiger partial charge in [-0.3, -0.25) is 0 Å². The van der Waals surface area contributed by atoms with Gasteiger partial charge in [0, 0.05) is 17.1 Å². The molecule has 0 saturated carbocycles. The zero-order valence-electron chi connectivity index (χ0n) is 51.9. The largest absolute Gasteiger partial charge is 0.311 e. The molecule has 0 radical (unpaired) electrons. The van der Waals surface area contributed by atoms with Gasteiger partial charge in [-0.15, -0.1) is 0 Å². The lowest BCUT2D eigenvalue weighted by Crippen LogP contribution is -2.09. The maximum atomic E-state index is 9.52. The van der Waals surface area contributed by atoms with E-state index in [2.05, 4.69) is 0 Å². The van der Waals surface area contributed by atoms with Gasteiger partial charge < -0.3 is 4.90 Å². The Kier molecular flexibility index (Phi) is 3.07. The molecular weight excluding hydrogens is 591 g/mol. The standard InChI is InChI=1S/C48H33N/c1-2-9-34(10-3-1)35-19-26-42(27-20-35)49(44-30-23-39(24-31-44)47-16-8-13-37-11-4-6-14-45(37)47)43-28-21-36(22-29-43)40-25-32-48-41(33-40)18-17-38-12-5-7-15-46(38)48/h1-33H/i1D,2D,3D,4D,5D,6D,7D,8D,9D,10D,11D,12D,13D,15D,16D,17D,18D,19D,20D,21D,22D,23D,24D,25D,28D,32D,33D. The summed E-state index contributed by atoms with van der Waals surface area (Å²) >= 11 is 0. The van der Waals surface area contributed by atoms with Crippen LogP contribution in [0.5, 0.6) is 0 Å². The first-order valence-electron chi connectivity index (χ1n) is 28.1. The van der Waals surface area contributed by atoms with E-state index in [-0.39, 0.29) is 33.3 Å². The predicted molar refractivity (Wildman–Crippen MR) is 210 cm³/mol. The lowest BCUT2D eigenvalue weighted by molar-refractivity contribution is 1.28. The number of hydrogen-bond donors (Lipinski definition) is 0. The van der Waals surface area contributed by atoms with Crippen LogP contribution >= 0.6 is 0 Å². The molecule has 0 spiro atoms. The highest BCUT2D eigenvalue weighted by molar-refractivity contribution is 6.08. The fourth-order valence-electron chi connectivity index (χ4n) is 5.29. The van der Waals surface area contributed by atoms with E-state index < -0.39 is 213 Å². The first-order chi connectivity index (χ1) is 35.5. The van der Waals surface area contributed by atoms with Crippen LogP contribution in [-0.2, 0) is 0 Å². The SMILES string of the molecule is [2H]c1cc2c(-c3c([2H])cc(N(c4cc([2H])c(-c5c([2H])c([2H])c([2H])c([2H])c5[2H])c([2H])c4)c4cc([2H])c(-c5c([2H])c([2H])c6c(c5[2H])c([2H])c([2H])c5c([2H])c([2H])c([2H])c([2H])c56)c([2H])c4[2H])cc3[2H])c([2H])c([2H])c([2H])c2c([2H])c1[2H]. The maximum Gasteiger partial charge on any atom is 0.0645 e. The van der Waals surface area contributed by atoms with Crippen LogP contribution in [0.2, 0.25) is 0 Å². The van der Waals surface area contributed by atoms with Crippen molar-refractivity contribution in [1.82, 2.24) is 0 Å². The van der Waals surface area contributed by atoms with E-state index in [4.69, 9.17) is 28.8 Å². The normalized spacial score (nSPS) is 19.0. The fourth-order valence-corrected chi connectivity index (χ4v) is 5.29. The van der Waals surface area contributed by atoms with Crippen molar-refractivity contribution in [1.29, 1.82) is 0 Å². The van der Waals surface area contributed by atoms with Gasteiger partial charge in [0.15, 0.2) is 0 Å². The van der Waals surface area contributed by atoms with Crippen molar-refractivity contribution in [3.8, 4) is 33.4 Å². The molecule has 0 N–H and O–H groups in total. The summed E-state index contributed by atoms with van der Waals surface area (Å²) in [7, 11) is 0. The molecule has 9 aromatic carbocycles. The van der Waals surface area contributed by atoms with Crippen molar-refractivity contribution >= 4 is 49.4 Å². The molecule has 0 aliphatic rings. The summed E-state index contributed by atoms with van der Waals surface area (Å²) in [5.74, 6) is 0. The molecule has 1 heteroatoms.